The van der Waals surface area contributed by atoms with Gasteiger partial charge in [-0.05, 0) is 91.3 Å². The van der Waals surface area contributed by atoms with Crippen LogP contribution in [0.2, 0.25) is 0 Å². The molecule has 0 bridgehead atoms. The number of hydrogen-bond acceptors (Lipinski definition) is 4. The minimum Gasteiger partial charge on any atom is -0.396 e. The van der Waals surface area contributed by atoms with Gasteiger partial charge in [0.15, 0.2) is 0 Å². The zero-order chi connectivity index (χ0) is 20.3. The molecule has 4 aliphatic carbocycles. The third-order valence-corrected chi connectivity index (χ3v) is 10.2. The van der Waals surface area contributed by atoms with E-state index in [1.165, 1.54) is 0 Å². The van der Waals surface area contributed by atoms with E-state index in [1.807, 2.05) is 0 Å². The molecule has 3 N–H and O–H groups in total. The van der Waals surface area contributed by atoms with Crippen LogP contribution in [-0.4, -0.2) is 39.9 Å². The van der Waals surface area contributed by atoms with Gasteiger partial charge in [0.2, 0.25) is 0 Å². The summed E-state index contributed by atoms with van der Waals surface area (Å²) in [6, 6.07) is 0. The van der Waals surface area contributed by atoms with Crippen molar-refractivity contribution in [2.24, 2.45) is 46.3 Å². The SMILES string of the molecule is CC(CCCO)C1CCC2C3C(O)CC4CC(=O)CC[C@]4(C)C3CC(O)[C@]12C. The van der Waals surface area contributed by atoms with E-state index < -0.39 is 0 Å². The highest BCUT2D eigenvalue weighted by atomic mass is 16.3. The lowest BCUT2D eigenvalue weighted by molar-refractivity contribution is -0.201. The minimum absolute atomic E-state index is 0.0840. The molecule has 0 spiro atoms. The van der Waals surface area contributed by atoms with E-state index in [4.69, 9.17) is 0 Å². The van der Waals surface area contributed by atoms with Gasteiger partial charge in [0.1, 0.15) is 5.78 Å². The number of ketones is 1. The number of aliphatic hydroxyl groups is 3. The van der Waals surface area contributed by atoms with Crippen LogP contribution in [0.1, 0.15) is 78.6 Å². The molecule has 0 radical (unpaired) electrons. The predicted octanol–water partition coefficient (Wildman–Crippen LogP) is 3.56. The Balaban J connectivity index is 1.63. The van der Waals surface area contributed by atoms with Gasteiger partial charge in [0.05, 0.1) is 12.2 Å². The molecule has 4 nitrogen and oxygen atoms in total. The van der Waals surface area contributed by atoms with Gasteiger partial charge in [-0.1, -0.05) is 20.8 Å². The molecule has 0 aromatic carbocycles. The number of rotatable bonds is 4. The Labute approximate surface area is 170 Å². The summed E-state index contributed by atoms with van der Waals surface area (Å²) in [5, 5.41) is 31.9. The second-order valence-corrected chi connectivity index (χ2v) is 11.2. The molecule has 0 aliphatic heterocycles. The van der Waals surface area contributed by atoms with Crippen molar-refractivity contribution in [1.29, 1.82) is 0 Å². The maximum atomic E-state index is 12.1. The van der Waals surface area contributed by atoms with Crippen molar-refractivity contribution >= 4 is 5.78 Å². The topological polar surface area (TPSA) is 77.8 Å². The van der Waals surface area contributed by atoms with Crippen LogP contribution in [0.15, 0.2) is 0 Å². The maximum Gasteiger partial charge on any atom is 0.133 e. The van der Waals surface area contributed by atoms with E-state index in [2.05, 4.69) is 20.8 Å². The van der Waals surface area contributed by atoms with Crippen molar-refractivity contribution in [3.05, 3.63) is 0 Å². The van der Waals surface area contributed by atoms with E-state index in [0.717, 1.165) is 44.9 Å². The predicted molar refractivity (Wildman–Crippen MR) is 108 cm³/mol. The van der Waals surface area contributed by atoms with E-state index in [1.54, 1.807) is 0 Å². The van der Waals surface area contributed by atoms with Crippen molar-refractivity contribution in [2.45, 2.75) is 90.8 Å². The van der Waals surface area contributed by atoms with Crippen molar-refractivity contribution in [3.63, 3.8) is 0 Å². The van der Waals surface area contributed by atoms with Gasteiger partial charge in [-0.3, -0.25) is 4.79 Å². The van der Waals surface area contributed by atoms with Crippen LogP contribution in [0, 0.1) is 46.3 Å². The lowest BCUT2D eigenvalue weighted by Gasteiger charge is -2.63. The molecule has 160 valence electrons. The highest BCUT2D eigenvalue weighted by Gasteiger charge is 2.65. The average Bonchev–Trinajstić information content (AvgIpc) is 3.01. The highest BCUT2D eigenvalue weighted by molar-refractivity contribution is 5.79. The molecule has 4 saturated carbocycles. The first-order valence-corrected chi connectivity index (χ1v) is 11.7. The van der Waals surface area contributed by atoms with Gasteiger partial charge in [-0.25, -0.2) is 0 Å². The molecule has 4 fully saturated rings. The van der Waals surface area contributed by atoms with Gasteiger partial charge in [0, 0.05) is 19.4 Å². The van der Waals surface area contributed by atoms with E-state index >= 15 is 0 Å². The molecule has 0 amide bonds. The molecule has 28 heavy (non-hydrogen) atoms. The summed E-state index contributed by atoms with van der Waals surface area (Å²) in [6.07, 6.45) is 7.15. The first-order chi connectivity index (χ1) is 13.2. The fourth-order valence-corrected chi connectivity index (χ4v) is 8.56. The van der Waals surface area contributed by atoms with Crippen LogP contribution in [0.25, 0.3) is 0 Å². The number of aliphatic hydroxyl groups excluding tert-OH is 3. The van der Waals surface area contributed by atoms with Gasteiger partial charge < -0.3 is 15.3 Å². The van der Waals surface area contributed by atoms with Gasteiger partial charge in [-0.15, -0.1) is 0 Å². The van der Waals surface area contributed by atoms with Crippen LogP contribution in [0.5, 0.6) is 0 Å². The number of carbonyl (C=O) groups excluding carboxylic acids is 1. The highest BCUT2D eigenvalue weighted by Crippen LogP contribution is 2.68. The molecule has 0 heterocycles. The van der Waals surface area contributed by atoms with Crippen molar-refractivity contribution in [2.75, 3.05) is 6.61 Å². The summed E-state index contributed by atoms with van der Waals surface area (Å²) >= 11 is 0. The number of carbonyl (C=O) groups is 1. The molecule has 10 atom stereocenters. The molecular weight excluding hydrogens is 352 g/mol. The summed E-state index contributed by atoms with van der Waals surface area (Å²) in [5.74, 6) is 2.55. The molecular formula is C24H40O4. The Morgan fingerprint density at radius 2 is 1.89 bits per heavy atom. The van der Waals surface area contributed by atoms with Crippen LogP contribution >= 0.6 is 0 Å². The lowest BCUT2D eigenvalue weighted by atomic mass is 9.43. The standard InChI is InChI=1S/C24H40O4/c1-14(5-4-10-25)17-6-7-18-22-19(13-21(28)24(17,18)3)23(2)9-8-16(26)11-15(23)12-20(22)27/h14-15,17-22,25,27-28H,4-13H2,1-3H3/t14?,15?,17?,18?,19?,20?,21?,22?,23-,24+/m0/s1. The van der Waals surface area contributed by atoms with Crippen LogP contribution in [0.4, 0.5) is 0 Å². The van der Waals surface area contributed by atoms with Gasteiger partial charge in [0.25, 0.3) is 0 Å². The van der Waals surface area contributed by atoms with Crippen molar-refractivity contribution in [1.82, 2.24) is 0 Å². The van der Waals surface area contributed by atoms with Crippen LogP contribution in [-0.2, 0) is 4.79 Å². The second kappa shape index (κ2) is 7.35. The summed E-state index contributed by atoms with van der Waals surface area (Å²) in [4.78, 5) is 12.1. The Morgan fingerprint density at radius 3 is 2.61 bits per heavy atom. The smallest absolute Gasteiger partial charge is 0.133 e. The normalized spacial score (nSPS) is 51.9. The second-order valence-electron chi connectivity index (χ2n) is 11.2. The molecule has 0 saturated heterocycles. The summed E-state index contributed by atoms with van der Waals surface area (Å²) in [5.41, 5.74) is -0.0502. The minimum atomic E-state index is -0.336. The van der Waals surface area contributed by atoms with Crippen LogP contribution < -0.4 is 0 Å². The average molecular weight is 393 g/mol. The molecule has 4 heteroatoms. The summed E-state index contributed by atoms with van der Waals surface area (Å²) < 4.78 is 0. The Kier molecular flexibility index (Phi) is 5.46. The molecule has 0 aromatic rings. The van der Waals surface area contributed by atoms with Gasteiger partial charge >= 0.3 is 0 Å². The summed E-state index contributed by atoms with van der Waals surface area (Å²) in [6.45, 7) is 7.16. The number of hydrogen-bond donors (Lipinski definition) is 3. The maximum absolute atomic E-state index is 12.1. The fourth-order valence-electron chi connectivity index (χ4n) is 8.56. The monoisotopic (exact) mass is 392 g/mol. The quantitative estimate of drug-likeness (QED) is 0.683. The van der Waals surface area contributed by atoms with E-state index in [9.17, 15) is 20.1 Å². The van der Waals surface area contributed by atoms with Crippen molar-refractivity contribution in [3.8, 4) is 0 Å². The Bertz CT molecular complexity index is 605. The number of Topliss-reactive ketones (excluding diaryl/α,β-unsaturated/α-hetero) is 1. The third-order valence-electron chi connectivity index (χ3n) is 10.2. The zero-order valence-corrected chi connectivity index (χ0v) is 17.9. The Morgan fingerprint density at radius 1 is 1.14 bits per heavy atom. The van der Waals surface area contributed by atoms with E-state index in [0.29, 0.717) is 42.3 Å². The first kappa shape index (κ1) is 20.8. The van der Waals surface area contributed by atoms with Crippen molar-refractivity contribution < 1.29 is 20.1 Å². The lowest BCUT2D eigenvalue weighted by Crippen LogP contribution is -2.62. The summed E-state index contributed by atoms with van der Waals surface area (Å²) in [7, 11) is 0. The first-order valence-electron chi connectivity index (χ1n) is 11.7. The fraction of sp³-hybridized carbons (Fsp3) is 0.958. The molecule has 0 aromatic heterocycles. The largest absolute Gasteiger partial charge is 0.396 e. The van der Waals surface area contributed by atoms with Crippen LogP contribution in [0.3, 0.4) is 0 Å². The van der Waals surface area contributed by atoms with E-state index in [-0.39, 0.29) is 41.5 Å². The van der Waals surface area contributed by atoms with Gasteiger partial charge in [-0.2, -0.15) is 0 Å². The molecule has 8 unspecified atom stereocenters. The number of fused-ring (bicyclic) bond motifs is 5. The molecule has 4 aliphatic rings. The zero-order valence-electron chi connectivity index (χ0n) is 17.9. The Hall–Kier alpha value is -0.450. The molecule has 4 rings (SSSR count). The third kappa shape index (κ3) is 2.93.